The Labute approximate surface area is 214 Å². The van der Waals surface area contributed by atoms with Crippen molar-refractivity contribution in [1.29, 1.82) is 0 Å². The maximum Gasteiger partial charge on any atom is 0.331 e. The highest BCUT2D eigenvalue weighted by molar-refractivity contribution is 5.85. The topological polar surface area (TPSA) is 105 Å². The molecule has 6 aliphatic rings. The molecule has 4 aliphatic carbocycles. The minimum absolute atomic E-state index is 0.0176. The number of fused-ring (bicyclic) bond motifs is 5. The molecule has 2 aliphatic heterocycles. The van der Waals surface area contributed by atoms with Crippen molar-refractivity contribution in [3.8, 4) is 0 Å². The van der Waals surface area contributed by atoms with Gasteiger partial charge in [0.15, 0.2) is 6.29 Å². The highest BCUT2D eigenvalue weighted by Gasteiger charge is 2.70. The molecular weight excluding hydrogens is 460 g/mol. The molecular formula is C29H44O7. The van der Waals surface area contributed by atoms with Crippen molar-refractivity contribution >= 4 is 5.97 Å². The van der Waals surface area contributed by atoms with Gasteiger partial charge in [0.05, 0.1) is 30.0 Å². The van der Waals surface area contributed by atoms with Crippen LogP contribution in [0, 0.1) is 34.5 Å². The fraction of sp³-hybridized carbons (Fsp3) is 0.897. The third-order valence-corrected chi connectivity index (χ3v) is 12.0. The molecule has 0 unspecified atom stereocenters. The number of carbonyl (C=O) groups is 1. The number of aliphatic hydroxyl groups excluding tert-OH is 2. The summed E-state index contributed by atoms with van der Waals surface area (Å²) in [6, 6.07) is 0. The lowest BCUT2D eigenvalue weighted by molar-refractivity contribution is -0.262. The number of cyclic esters (lactones) is 1. The zero-order valence-electron chi connectivity index (χ0n) is 22.0. The number of esters is 1. The first-order valence-electron chi connectivity index (χ1n) is 14.3. The van der Waals surface area contributed by atoms with E-state index in [1.54, 1.807) is 6.08 Å². The van der Waals surface area contributed by atoms with Gasteiger partial charge in [0, 0.05) is 17.9 Å². The molecule has 2 heterocycles. The number of rotatable bonds is 3. The lowest BCUT2D eigenvalue weighted by Crippen LogP contribution is -2.67. The van der Waals surface area contributed by atoms with Crippen LogP contribution in [0.4, 0.5) is 0 Å². The van der Waals surface area contributed by atoms with Crippen molar-refractivity contribution < 1.29 is 34.3 Å². The van der Waals surface area contributed by atoms with Gasteiger partial charge in [0.2, 0.25) is 0 Å². The van der Waals surface area contributed by atoms with Gasteiger partial charge in [-0.15, -0.1) is 0 Å². The summed E-state index contributed by atoms with van der Waals surface area (Å²) in [5.74, 6) is 0.627. The Morgan fingerprint density at radius 1 is 1.00 bits per heavy atom. The van der Waals surface area contributed by atoms with Gasteiger partial charge in [-0.3, -0.25) is 0 Å². The summed E-state index contributed by atoms with van der Waals surface area (Å²) >= 11 is 0. The normalized spacial score (nSPS) is 54.8. The Morgan fingerprint density at radius 2 is 1.81 bits per heavy atom. The van der Waals surface area contributed by atoms with Crippen molar-refractivity contribution in [2.75, 3.05) is 6.61 Å². The second-order valence-electron chi connectivity index (χ2n) is 13.3. The van der Waals surface area contributed by atoms with Crippen molar-refractivity contribution in [3.05, 3.63) is 11.6 Å². The Bertz CT molecular complexity index is 919. The molecule has 3 N–H and O–H groups in total. The first kappa shape index (κ1) is 25.3. The third kappa shape index (κ3) is 3.59. The monoisotopic (exact) mass is 504 g/mol. The van der Waals surface area contributed by atoms with Crippen LogP contribution < -0.4 is 0 Å². The van der Waals surface area contributed by atoms with E-state index in [1.165, 1.54) is 0 Å². The van der Waals surface area contributed by atoms with E-state index in [0.29, 0.717) is 25.4 Å². The predicted molar refractivity (Wildman–Crippen MR) is 132 cm³/mol. The average Bonchev–Trinajstić information content (AvgIpc) is 3.38. The fourth-order valence-electron chi connectivity index (χ4n) is 9.73. The van der Waals surface area contributed by atoms with Crippen molar-refractivity contribution in [3.63, 3.8) is 0 Å². The van der Waals surface area contributed by atoms with E-state index in [2.05, 4.69) is 13.8 Å². The van der Waals surface area contributed by atoms with Crippen LogP contribution in [-0.4, -0.2) is 64.2 Å². The molecule has 4 saturated carbocycles. The number of hydrogen-bond donors (Lipinski definition) is 3. The molecule has 202 valence electrons. The molecule has 7 nitrogen and oxygen atoms in total. The average molecular weight is 505 g/mol. The second kappa shape index (κ2) is 8.77. The SMILES string of the molecule is C[C@H]1O[C@H](O[C@H]2CC[C@@]3(C)[C@H](CC[C@@H]4[C@@H]3C[C@@H](O)[C@]3(C)[C@@H](C5=CC(=O)OC5)CC[C@]43O)C2)CC[C@@H]1O. The summed E-state index contributed by atoms with van der Waals surface area (Å²) in [6.45, 7) is 6.67. The van der Waals surface area contributed by atoms with Gasteiger partial charge in [0.1, 0.15) is 6.61 Å². The van der Waals surface area contributed by atoms with Gasteiger partial charge in [-0.25, -0.2) is 4.79 Å². The number of carbonyl (C=O) groups excluding carboxylic acids is 1. The maximum absolute atomic E-state index is 12.4. The molecule has 7 heteroatoms. The molecule has 5 fully saturated rings. The molecule has 0 amide bonds. The van der Waals surface area contributed by atoms with E-state index >= 15 is 0 Å². The predicted octanol–water partition coefficient (Wildman–Crippen LogP) is 3.49. The Hall–Kier alpha value is -0.990. The van der Waals surface area contributed by atoms with Crippen LogP contribution in [0.3, 0.4) is 0 Å². The van der Waals surface area contributed by atoms with Gasteiger partial charge in [-0.05, 0) is 99.4 Å². The molecule has 12 atom stereocenters. The first-order valence-corrected chi connectivity index (χ1v) is 14.3. The van der Waals surface area contributed by atoms with Crippen LogP contribution in [0.15, 0.2) is 11.6 Å². The van der Waals surface area contributed by atoms with Gasteiger partial charge in [-0.2, -0.15) is 0 Å². The summed E-state index contributed by atoms with van der Waals surface area (Å²) in [5.41, 5.74) is -0.570. The number of aliphatic hydroxyl groups is 3. The van der Waals surface area contributed by atoms with E-state index < -0.39 is 23.2 Å². The third-order valence-electron chi connectivity index (χ3n) is 12.0. The summed E-state index contributed by atoms with van der Waals surface area (Å²) < 4.78 is 17.5. The first-order chi connectivity index (χ1) is 17.1. The molecule has 36 heavy (non-hydrogen) atoms. The molecule has 0 radical (unpaired) electrons. The molecule has 0 aromatic heterocycles. The molecule has 6 rings (SSSR count). The Morgan fingerprint density at radius 3 is 2.53 bits per heavy atom. The molecule has 0 spiro atoms. The minimum Gasteiger partial charge on any atom is -0.458 e. The van der Waals surface area contributed by atoms with Gasteiger partial charge in [-0.1, -0.05) is 13.8 Å². The van der Waals surface area contributed by atoms with Crippen LogP contribution in [0.25, 0.3) is 0 Å². The van der Waals surface area contributed by atoms with Crippen LogP contribution in [-0.2, 0) is 19.0 Å². The van der Waals surface area contributed by atoms with Gasteiger partial charge in [0.25, 0.3) is 0 Å². The van der Waals surface area contributed by atoms with Crippen LogP contribution in [0.2, 0.25) is 0 Å². The van der Waals surface area contributed by atoms with E-state index in [4.69, 9.17) is 14.2 Å². The molecule has 0 bridgehead atoms. The van der Waals surface area contributed by atoms with E-state index in [0.717, 1.165) is 56.9 Å². The van der Waals surface area contributed by atoms with E-state index in [1.807, 2.05) is 6.92 Å². The van der Waals surface area contributed by atoms with Crippen LogP contribution in [0.5, 0.6) is 0 Å². The summed E-state index contributed by atoms with van der Waals surface area (Å²) in [6.07, 6.45) is 8.99. The molecule has 0 aromatic carbocycles. The van der Waals surface area contributed by atoms with Crippen LogP contribution in [0.1, 0.15) is 85.0 Å². The second-order valence-corrected chi connectivity index (χ2v) is 13.3. The van der Waals surface area contributed by atoms with Crippen molar-refractivity contribution in [2.45, 2.75) is 121 Å². The van der Waals surface area contributed by atoms with Gasteiger partial charge < -0.3 is 29.5 Å². The van der Waals surface area contributed by atoms with Crippen molar-refractivity contribution in [2.24, 2.45) is 34.5 Å². The fourth-order valence-corrected chi connectivity index (χ4v) is 9.73. The quantitative estimate of drug-likeness (QED) is 0.399. The van der Waals surface area contributed by atoms with Gasteiger partial charge >= 0.3 is 5.97 Å². The summed E-state index contributed by atoms with van der Waals surface area (Å²) in [7, 11) is 0. The largest absolute Gasteiger partial charge is 0.458 e. The number of hydrogen-bond acceptors (Lipinski definition) is 7. The highest BCUT2D eigenvalue weighted by atomic mass is 16.7. The zero-order valence-corrected chi connectivity index (χ0v) is 22.0. The summed E-state index contributed by atoms with van der Waals surface area (Å²) in [5, 5.41) is 34.0. The molecule has 1 saturated heterocycles. The van der Waals surface area contributed by atoms with E-state index in [-0.39, 0.29) is 47.6 Å². The Kier molecular flexibility index (Phi) is 6.16. The Balaban J connectivity index is 1.19. The van der Waals surface area contributed by atoms with E-state index in [9.17, 15) is 20.1 Å². The van der Waals surface area contributed by atoms with Crippen molar-refractivity contribution in [1.82, 2.24) is 0 Å². The maximum atomic E-state index is 12.4. The smallest absolute Gasteiger partial charge is 0.331 e. The summed E-state index contributed by atoms with van der Waals surface area (Å²) in [4.78, 5) is 11.8. The lowest BCUT2D eigenvalue weighted by atomic mass is 9.42. The number of ether oxygens (including phenoxy) is 3. The minimum atomic E-state index is -0.930. The van der Waals surface area contributed by atoms with Crippen LogP contribution >= 0.6 is 0 Å². The highest BCUT2D eigenvalue weighted by Crippen LogP contribution is 2.70. The standard InChI is InChI=1S/C29H44O7/c1-16-23(30)6-7-26(35-16)36-19-8-10-27(2)18(13-19)4-5-21-22(27)14-24(31)28(3)20(9-11-29(21,28)33)17-12-25(32)34-15-17/h12,16,18-24,26,30-31,33H,4-11,13-15H2,1-3H3/t16-,18-,19+,20-,21-,22+,23+,24-,26-,27+,28+,29+/m1/s1. The lowest BCUT2D eigenvalue weighted by Gasteiger charge is -2.65. The zero-order chi connectivity index (χ0) is 25.5. The molecule has 0 aromatic rings.